The first-order valence-electron chi connectivity index (χ1n) is 8.39. The molecule has 0 heterocycles. The van der Waals surface area contributed by atoms with E-state index in [1.807, 2.05) is 66.7 Å². The summed E-state index contributed by atoms with van der Waals surface area (Å²) >= 11 is 0. The van der Waals surface area contributed by atoms with Crippen molar-refractivity contribution in [3.05, 3.63) is 102 Å². The molecule has 0 amide bonds. The van der Waals surface area contributed by atoms with Crippen LogP contribution in [0, 0.1) is 0 Å². The second-order valence-electron chi connectivity index (χ2n) is 5.72. The number of benzene rings is 3. The van der Waals surface area contributed by atoms with E-state index < -0.39 is 0 Å². The number of methoxy groups -OCH3 is 1. The molecule has 0 fully saturated rings. The minimum Gasteiger partial charge on any atom is -0.496 e. The third-order valence-electron chi connectivity index (χ3n) is 3.92. The van der Waals surface area contributed by atoms with Crippen molar-refractivity contribution in [2.24, 2.45) is 0 Å². The van der Waals surface area contributed by atoms with Gasteiger partial charge in [-0.15, -0.1) is 0 Å². The van der Waals surface area contributed by atoms with Crippen LogP contribution in [0.15, 0.2) is 84.9 Å². The van der Waals surface area contributed by atoms with Crippen molar-refractivity contribution >= 4 is 11.9 Å². The molecule has 0 N–H and O–H groups in total. The van der Waals surface area contributed by atoms with Gasteiger partial charge < -0.3 is 9.47 Å². The monoisotopic (exact) mass is 344 g/mol. The predicted octanol–water partition coefficient (Wildman–Crippen LogP) is 5.17. The van der Waals surface area contributed by atoms with Crippen LogP contribution in [-0.4, -0.2) is 12.9 Å². The predicted molar refractivity (Wildman–Crippen MR) is 104 cm³/mol. The van der Waals surface area contributed by atoms with Crippen LogP contribution in [0.4, 0.5) is 0 Å². The topological polar surface area (TPSA) is 35.5 Å². The van der Waals surface area contributed by atoms with Gasteiger partial charge in [0.05, 0.1) is 7.11 Å². The summed E-state index contributed by atoms with van der Waals surface area (Å²) in [7, 11) is 1.55. The number of hydrogen-bond acceptors (Lipinski definition) is 3. The summed E-state index contributed by atoms with van der Waals surface area (Å²) in [5.74, 6) is 0.851. The average Bonchev–Trinajstić information content (AvgIpc) is 2.71. The Bertz CT molecular complexity index is 884. The smallest absolute Gasteiger partial charge is 0.193 e. The molecule has 0 saturated heterocycles. The molecule has 0 aliphatic carbocycles. The molecule has 0 bridgehead atoms. The quantitative estimate of drug-likeness (QED) is 0.438. The van der Waals surface area contributed by atoms with Crippen LogP contribution in [0.25, 0.3) is 6.08 Å². The van der Waals surface area contributed by atoms with Gasteiger partial charge in [-0.05, 0) is 29.3 Å². The Kier molecular flexibility index (Phi) is 5.84. The summed E-state index contributed by atoms with van der Waals surface area (Å²) < 4.78 is 11.3. The molecular weight excluding hydrogens is 324 g/mol. The summed E-state index contributed by atoms with van der Waals surface area (Å²) in [6.07, 6.45) is 3.33. The zero-order valence-corrected chi connectivity index (χ0v) is 14.6. The van der Waals surface area contributed by atoms with E-state index in [1.165, 1.54) is 0 Å². The van der Waals surface area contributed by atoms with E-state index in [1.54, 1.807) is 31.4 Å². The molecular formula is C23H20O3. The number of rotatable bonds is 7. The van der Waals surface area contributed by atoms with Crippen molar-refractivity contribution in [1.29, 1.82) is 0 Å². The SMILES string of the molecule is COc1cccc(OCc2ccccc2)c1C(=O)/C=C/c1ccccc1. The Morgan fingerprint density at radius 3 is 2.19 bits per heavy atom. The van der Waals surface area contributed by atoms with Crippen LogP contribution in [0.5, 0.6) is 11.5 Å². The highest BCUT2D eigenvalue weighted by Crippen LogP contribution is 2.30. The third-order valence-corrected chi connectivity index (χ3v) is 3.92. The van der Waals surface area contributed by atoms with Crippen molar-refractivity contribution in [3.8, 4) is 11.5 Å². The molecule has 3 aromatic rings. The first-order valence-corrected chi connectivity index (χ1v) is 8.39. The maximum Gasteiger partial charge on any atom is 0.193 e. The van der Waals surface area contributed by atoms with Crippen LogP contribution in [-0.2, 0) is 6.61 Å². The molecule has 26 heavy (non-hydrogen) atoms. The minimum absolute atomic E-state index is 0.158. The Labute approximate surface area is 153 Å². The van der Waals surface area contributed by atoms with E-state index in [0.717, 1.165) is 11.1 Å². The molecule has 3 rings (SSSR count). The molecule has 0 saturated carbocycles. The van der Waals surface area contributed by atoms with E-state index in [0.29, 0.717) is 23.7 Å². The lowest BCUT2D eigenvalue weighted by molar-refractivity contribution is 0.104. The molecule has 130 valence electrons. The number of ether oxygens (including phenoxy) is 2. The Balaban J connectivity index is 1.84. The van der Waals surface area contributed by atoms with E-state index in [2.05, 4.69) is 0 Å². The van der Waals surface area contributed by atoms with Crippen LogP contribution < -0.4 is 9.47 Å². The van der Waals surface area contributed by atoms with E-state index >= 15 is 0 Å². The van der Waals surface area contributed by atoms with Crippen LogP contribution in [0.3, 0.4) is 0 Å². The van der Waals surface area contributed by atoms with Gasteiger partial charge in [-0.1, -0.05) is 72.8 Å². The van der Waals surface area contributed by atoms with Crippen LogP contribution in [0.2, 0.25) is 0 Å². The fourth-order valence-corrected chi connectivity index (χ4v) is 2.60. The Morgan fingerprint density at radius 1 is 0.846 bits per heavy atom. The largest absolute Gasteiger partial charge is 0.496 e. The Morgan fingerprint density at radius 2 is 1.50 bits per heavy atom. The number of ketones is 1. The highest BCUT2D eigenvalue weighted by molar-refractivity contribution is 6.10. The van der Waals surface area contributed by atoms with Gasteiger partial charge in [0.1, 0.15) is 23.7 Å². The van der Waals surface area contributed by atoms with Gasteiger partial charge in [0.25, 0.3) is 0 Å². The first-order chi connectivity index (χ1) is 12.8. The molecule has 0 atom stereocenters. The number of hydrogen-bond donors (Lipinski definition) is 0. The van der Waals surface area contributed by atoms with Gasteiger partial charge >= 0.3 is 0 Å². The van der Waals surface area contributed by atoms with Crippen molar-refractivity contribution in [2.45, 2.75) is 6.61 Å². The van der Waals surface area contributed by atoms with Gasteiger partial charge in [-0.2, -0.15) is 0 Å². The van der Waals surface area contributed by atoms with E-state index in [9.17, 15) is 4.79 Å². The molecule has 3 aromatic carbocycles. The fourth-order valence-electron chi connectivity index (χ4n) is 2.60. The lowest BCUT2D eigenvalue weighted by Gasteiger charge is -2.13. The highest BCUT2D eigenvalue weighted by atomic mass is 16.5. The molecule has 0 unspecified atom stereocenters. The van der Waals surface area contributed by atoms with Crippen molar-refractivity contribution < 1.29 is 14.3 Å². The second-order valence-corrected chi connectivity index (χ2v) is 5.72. The lowest BCUT2D eigenvalue weighted by Crippen LogP contribution is -2.05. The van der Waals surface area contributed by atoms with E-state index in [4.69, 9.17) is 9.47 Å². The maximum absolute atomic E-state index is 12.8. The van der Waals surface area contributed by atoms with E-state index in [-0.39, 0.29) is 5.78 Å². The third kappa shape index (κ3) is 4.39. The van der Waals surface area contributed by atoms with Crippen molar-refractivity contribution in [1.82, 2.24) is 0 Å². The fraction of sp³-hybridized carbons (Fsp3) is 0.0870. The van der Waals surface area contributed by atoms with Gasteiger partial charge in [0.15, 0.2) is 5.78 Å². The van der Waals surface area contributed by atoms with Crippen molar-refractivity contribution in [2.75, 3.05) is 7.11 Å². The summed E-state index contributed by atoms with van der Waals surface area (Å²) in [5.41, 5.74) is 2.43. The minimum atomic E-state index is -0.158. The molecule has 0 aliphatic rings. The van der Waals surface area contributed by atoms with Crippen LogP contribution in [0.1, 0.15) is 21.5 Å². The number of allylic oxidation sites excluding steroid dienone is 1. The maximum atomic E-state index is 12.8. The average molecular weight is 344 g/mol. The summed E-state index contributed by atoms with van der Waals surface area (Å²) in [5, 5.41) is 0. The number of carbonyl (C=O) groups is 1. The molecule has 3 heteroatoms. The normalized spacial score (nSPS) is 10.7. The number of carbonyl (C=O) groups excluding carboxylic acids is 1. The van der Waals surface area contributed by atoms with Gasteiger partial charge in [-0.3, -0.25) is 4.79 Å². The standard InChI is InChI=1S/C23H20O3/c1-25-21-13-8-14-22(26-17-19-11-6-3-7-12-19)23(21)20(24)16-15-18-9-4-2-5-10-18/h2-16H,17H2,1H3/b16-15+. The molecule has 0 aromatic heterocycles. The van der Waals surface area contributed by atoms with Gasteiger partial charge in [0.2, 0.25) is 0 Å². The molecule has 3 nitrogen and oxygen atoms in total. The highest BCUT2D eigenvalue weighted by Gasteiger charge is 2.16. The van der Waals surface area contributed by atoms with Gasteiger partial charge in [0, 0.05) is 0 Å². The molecule has 0 aliphatic heterocycles. The lowest BCUT2D eigenvalue weighted by atomic mass is 10.1. The zero-order chi connectivity index (χ0) is 18.2. The first kappa shape index (κ1) is 17.5. The molecule has 0 radical (unpaired) electrons. The molecule has 0 spiro atoms. The second kappa shape index (κ2) is 8.67. The van der Waals surface area contributed by atoms with Crippen molar-refractivity contribution in [3.63, 3.8) is 0 Å². The zero-order valence-electron chi connectivity index (χ0n) is 14.6. The van der Waals surface area contributed by atoms with Crippen LogP contribution >= 0.6 is 0 Å². The summed E-state index contributed by atoms with van der Waals surface area (Å²) in [6, 6.07) is 24.9. The van der Waals surface area contributed by atoms with Gasteiger partial charge in [-0.25, -0.2) is 0 Å². The summed E-state index contributed by atoms with van der Waals surface area (Å²) in [6.45, 7) is 0.386. The summed E-state index contributed by atoms with van der Waals surface area (Å²) in [4.78, 5) is 12.8. The Hall–Kier alpha value is -3.33.